The summed E-state index contributed by atoms with van der Waals surface area (Å²) in [5, 5.41) is 0. The molecule has 25 heavy (non-hydrogen) atoms. The lowest BCUT2D eigenvalue weighted by Gasteiger charge is -2.19. The van der Waals surface area contributed by atoms with E-state index in [0.717, 1.165) is 12.8 Å². The Morgan fingerprint density at radius 3 is 1.44 bits per heavy atom. The van der Waals surface area contributed by atoms with E-state index in [2.05, 4.69) is 68.2 Å². The molecular formula is C23H29ClSi. The van der Waals surface area contributed by atoms with E-state index in [9.17, 15) is 0 Å². The molecule has 0 radical (unpaired) electrons. The molecule has 0 amide bonds. The number of aryl methyl sites for hydroxylation is 2. The third kappa shape index (κ3) is 7.05. The first-order valence-electron chi connectivity index (χ1n) is 9.14. The van der Waals surface area contributed by atoms with Gasteiger partial charge in [-0.3, -0.25) is 0 Å². The Balaban J connectivity index is 1.70. The first-order chi connectivity index (χ1) is 12.0. The lowest BCUT2D eigenvalue weighted by Crippen LogP contribution is -2.22. The van der Waals surface area contributed by atoms with E-state index in [0.29, 0.717) is 0 Å². The zero-order valence-electron chi connectivity index (χ0n) is 15.3. The number of halogens is 1. The fourth-order valence-electron chi connectivity index (χ4n) is 3.09. The minimum absolute atomic E-state index is 1.12. The van der Waals surface area contributed by atoms with Crippen LogP contribution >= 0.6 is 11.1 Å². The van der Waals surface area contributed by atoms with Crippen LogP contribution in [0.5, 0.6) is 0 Å². The van der Waals surface area contributed by atoms with Crippen molar-refractivity contribution in [3.8, 4) is 0 Å². The smallest absolute Gasteiger partial charge is 0.153 e. The van der Waals surface area contributed by atoms with Gasteiger partial charge < -0.3 is 0 Å². The van der Waals surface area contributed by atoms with Gasteiger partial charge in [-0.25, -0.2) is 0 Å². The third-order valence-corrected chi connectivity index (χ3v) is 8.68. The van der Waals surface area contributed by atoms with Crippen LogP contribution in [0.4, 0.5) is 0 Å². The second kappa shape index (κ2) is 9.79. The van der Waals surface area contributed by atoms with E-state index < -0.39 is 7.38 Å². The van der Waals surface area contributed by atoms with Gasteiger partial charge in [0.2, 0.25) is 0 Å². The van der Waals surface area contributed by atoms with Crippen molar-refractivity contribution in [1.82, 2.24) is 0 Å². The molecule has 2 heteroatoms. The van der Waals surface area contributed by atoms with Crippen molar-refractivity contribution < 1.29 is 0 Å². The minimum Gasteiger partial charge on any atom is -0.167 e. The van der Waals surface area contributed by atoms with Crippen molar-refractivity contribution in [3.05, 3.63) is 83.9 Å². The summed E-state index contributed by atoms with van der Waals surface area (Å²) in [6, 6.07) is 19.7. The first-order valence-corrected chi connectivity index (χ1v) is 13.1. The number of hydrogen-bond donors (Lipinski definition) is 0. The normalized spacial score (nSPS) is 11.3. The average molecular weight is 369 g/mol. The van der Waals surface area contributed by atoms with Gasteiger partial charge in [0.05, 0.1) is 0 Å². The van der Waals surface area contributed by atoms with Gasteiger partial charge in [0.15, 0.2) is 7.38 Å². The topological polar surface area (TPSA) is 0 Å². The van der Waals surface area contributed by atoms with Crippen molar-refractivity contribution in [2.75, 3.05) is 0 Å². The Bertz CT molecular complexity index is 609. The zero-order chi connectivity index (χ0) is 18.1. The van der Waals surface area contributed by atoms with E-state index >= 15 is 0 Å². The van der Waals surface area contributed by atoms with Crippen LogP contribution in [0.1, 0.15) is 35.1 Å². The van der Waals surface area contributed by atoms with Gasteiger partial charge in [-0.05, 0) is 47.2 Å². The minimum atomic E-state index is -1.61. The van der Waals surface area contributed by atoms with Crippen LogP contribution in [-0.4, -0.2) is 7.38 Å². The van der Waals surface area contributed by atoms with Crippen molar-refractivity contribution in [2.24, 2.45) is 0 Å². The van der Waals surface area contributed by atoms with Crippen molar-refractivity contribution in [2.45, 2.75) is 44.3 Å². The second-order valence-electron chi connectivity index (χ2n) is 7.01. The van der Waals surface area contributed by atoms with Gasteiger partial charge in [0, 0.05) is 0 Å². The van der Waals surface area contributed by atoms with E-state index in [4.69, 9.17) is 11.1 Å². The van der Waals surface area contributed by atoms with Crippen LogP contribution in [0, 0.1) is 0 Å². The Morgan fingerprint density at radius 2 is 1.12 bits per heavy atom. The summed E-state index contributed by atoms with van der Waals surface area (Å²) in [6.07, 6.45) is 8.39. The van der Waals surface area contributed by atoms with E-state index in [1.807, 2.05) is 12.2 Å². The highest BCUT2D eigenvalue weighted by Crippen LogP contribution is 2.26. The SMILES string of the molecule is C=Cc1ccc(CCC[Si](C)(Cl)CCCc2ccc(C=C)cc2)cc1. The van der Waals surface area contributed by atoms with Crippen molar-refractivity contribution in [1.29, 1.82) is 0 Å². The van der Waals surface area contributed by atoms with E-state index in [1.54, 1.807) is 0 Å². The second-order valence-corrected chi connectivity index (χ2v) is 13.6. The fraction of sp³-hybridized carbons (Fsp3) is 0.304. The zero-order valence-corrected chi connectivity index (χ0v) is 17.1. The van der Waals surface area contributed by atoms with Crippen LogP contribution in [0.2, 0.25) is 18.6 Å². The quantitative estimate of drug-likeness (QED) is 0.303. The fourth-order valence-corrected chi connectivity index (χ4v) is 5.97. The lowest BCUT2D eigenvalue weighted by molar-refractivity contribution is 0.869. The van der Waals surface area contributed by atoms with Gasteiger partial charge in [-0.1, -0.05) is 93.2 Å². The molecular weight excluding hydrogens is 340 g/mol. The van der Waals surface area contributed by atoms with Crippen molar-refractivity contribution in [3.63, 3.8) is 0 Å². The van der Waals surface area contributed by atoms with Crippen molar-refractivity contribution >= 4 is 30.6 Å². The van der Waals surface area contributed by atoms with Crippen LogP contribution in [0.25, 0.3) is 12.2 Å². The summed E-state index contributed by atoms with van der Waals surface area (Å²) < 4.78 is 0. The molecule has 0 saturated carbocycles. The maximum atomic E-state index is 6.88. The summed E-state index contributed by atoms with van der Waals surface area (Å²) in [4.78, 5) is 0. The average Bonchev–Trinajstić information content (AvgIpc) is 2.62. The van der Waals surface area contributed by atoms with E-state index in [-0.39, 0.29) is 0 Å². The number of hydrogen-bond acceptors (Lipinski definition) is 0. The van der Waals surface area contributed by atoms with Gasteiger partial charge >= 0.3 is 0 Å². The first kappa shape index (κ1) is 19.7. The molecule has 0 unspecified atom stereocenters. The molecule has 0 fully saturated rings. The number of rotatable bonds is 10. The summed E-state index contributed by atoms with van der Waals surface area (Å²) >= 11 is 6.88. The summed E-state index contributed by atoms with van der Waals surface area (Å²) in [6.45, 7) is 9.91. The Hall–Kier alpha value is -1.57. The standard InChI is InChI=1S/C23H29ClSi/c1-4-20-10-14-22(15-11-20)8-6-18-25(3,24)19-7-9-23-16-12-21(5-2)13-17-23/h4-5,10-17H,1-2,6-9,18-19H2,3H3. The summed E-state index contributed by atoms with van der Waals surface area (Å²) in [5.41, 5.74) is 5.16. The molecule has 0 N–H and O–H groups in total. The predicted molar refractivity (Wildman–Crippen MR) is 117 cm³/mol. The molecule has 2 aromatic rings. The highest BCUT2D eigenvalue weighted by molar-refractivity contribution is 7.19. The maximum Gasteiger partial charge on any atom is 0.153 e. The molecule has 0 spiro atoms. The molecule has 0 nitrogen and oxygen atoms in total. The molecule has 0 saturated heterocycles. The lowest BCUT2D eigenvalue weighted by atomic mass is 10.1. The van der Waals surface area contributed by atoms with E-state index in [1.165, 1.54) is 47.2 Å². The maximum absolute atomic E-state index is 6.88. The Kier molecular flexibility index (Phi) is 7.73. The predicted octanol–water partition coefficient (Wildman–Crippen LogP) is 7.35. The van der Waals surface area contributed by atoms with Gasteiger partial charge in [0.25, 0.3) is 0 Å². The van der Waals surface area contributed by atoms with Crippen LogP contribution in [-0.2, 0) is 12.8 Å². The molecule has 0 aliphatic carbocycles. The summed E-state index contributed by atoms with van der Waals surface area (Å²) in [5.74, 6) is 0. The molecule has 0 aliphatic heterocycles. The molecule has 2 aromatic carbocycles. The third-order valence-electron chi connectivity index (χ3n) is 4.76. The summed E-state index contributed by atoms with van der Waals surface area (Å²) in [7, 11) is -1.61. The monoisotopic (exact) mass is 368 g/mol. The molecule has 2 rings (SSSR count). The molecule has 0 heterocycles. The Morgan fingerprint density at radius 1 is 0.760 bits per heavy atom. The van der Waals surface area contributed by atoms with Crippen LogP contribution in [0.15, 0.2) is 61.7 Å². The highest BCUT2D eigenvalue weighted by Gasteiger charge is 2.23. The van der Waals surface area contributed by atoms with Gasteiger partial charge in [0.1, 0.15) is 0 Å². The Labute approximate surface area is 159 Å². The molecule has 0 aliphatic rings. The van der Waals surface area contributed by atoms with Crippen LogP contribution in [0.3, 0.4) is 0 Å². The number of benzene rings is 2. The largest absolute Gasteiger partial charge is 0.167 e. The molecule has 132 valence electrons. The molecule has 0 bridgehead atoms. The van der Waals surface area contributed by atoms with Crippen LogP contribution < -0.4 is 0 Å². The molecule has 0 atom stereocenters. The highest BCUT2D eigenvalue weighted by atomic mass is 35.6. The van der Waals surface area contributed by atoms with Gasteiger partial charge in [-0.15, -0.1) is 0 Å². The molecule has 0 aromatic heterocycles. The van der Waals surface area contributed by atoms with Gasteiger partial charge in [-0.2, -0.15) is 11.1 Å².